The van der Waals surface area contributed by atoms with Crippen molar-refractivity contribution >= 4 is 0 Å². The molecule has 0 saturated heterocycles. The van der Waals surface area contributed by atoms with Gasteiger partial charge in [0.25, 0.3) is 0 Å². The van der Waals surface area contributed by atoms with Gasteiger partial charge in [0, 0.05) is 23.7 Å². The van der Waals surface area contributed by atoms with Gasteiger partial charge in [-0.1, -0.05) is 60.7 Å². The van der Waals surface area contributed by atoms with Crippen LogP contribution in [0.1, 0.15) is 29.0 Å². The van der Waals surface area contributed by atoms with Crippen LogP contribution in [-0.4, -0.2) is 15.9 Å². The Labute approximate surface area is 141 Å². The average Bonchev–Trinajstić information content (AvgIpc) is 3.14. The Morgan fingerprint density at radius 1 is 0.917 bits per heavy atom. The van der Waals surface area contributed by atoms with E-state index in [-0.39, 0.29) is 10.8 Å². The number of hydrogen-bond donors (Lipinski definition) is 1. The lowest BCUT2D eigenvalue weighted by atomic mass is 9.84. The number of aromatic nitrogens is 1. The second kappa shape index (κ2) is 7.59. The van der Waals surface area contributed by atoms with Gasteiger partial charge in [-0.05, 0) is 29.2 Å². The van der Waals surface area contributed by atoms with Gasteiger partial charge in [-0.2, -0.15) is 0 Å². The number of rotatable bonds is 7. The second-order valence-corrected chi connectivity index (χ2v) is 5.91. The van der Waals surface area contributed by atoms with E-state index in [9.17, 15) is 10.1 Å². The fraction of sp³-hybridized carbons (Fsp3) is 0.200. The summed E-state index contributed by atoms with van der Waals surface area (Å²) in [5.74, 6) is -0.254. The van der Waals surface area contributed by atoms with Gasteiger partial charge in [0.1, 0.15) is 0 Å². The fourth-order valence-electron chi connectivity index (χ4n) is 3.18. The van der Waals surface area contributed by atoms with Crippen LogP contribution in [0.2, 0.25) is 0 Å². The summed E-state index contributed by atoms with van der Waals surface area (Å²) in [5.41, 5.74) is 3.06. The van der Waals surface area contributed by atoms with Crippen LogP contribution in [-0.2, 0) is 6.42 Å². The highest BCUT2D eigenvalue weighted by molar-refractivity contribution is 5.32. The number of aromatic amines is 1. The zero-order valence-electron chi connectivity index (χ0n) is 13.3. The summed E-state index contributed by atoms with van der Waals surface area (Å²) in [4.78, 5) is 14.7. The standard InChI is InChI=1S/C20H20N2O2/c23-22(24)19(12-11-16-7-3-1-4-8-16)20(18-13-14-21-15-18)17-9-5-2-6-10-17/h1-10,13-15,19-21H,11-12H2. The highest BCUT2D eigenvalue weighted by atomic mass is 16.6. The maximum absolute atomic E-state index is 11.8. The molecule has 0 amide bonds. The molecular weight excluding hydrogens is 300 g/mol. The summed E-state index contributed by atoms with van der Waals surface area (Å²) in [7, 11) is 0. The Balaban J connectivity index is 1.89. The van der Waals surface area contributed by atoms with Crippen molar-refractivity contribution in [3.05, 3.63) is 106 Å². The third-order valence-corrected chi connectivity index (χ3v) is 4.37. The largest absolute Gasteiger partial charge is 0.367 e. The van der Waals surface area contributed by atoms with Gasteiger partial charge in [-0.25, -0.2) is 0 Å². The Bertz CT molecular complexity index is 755. The third kappa shape index (κ3) is 3.71. The molecule has 1 heterocycles. The van der Waals surface area contributed by atoms with E-state index in [0.29, 0.717) is 12.8 Å². The molecule has 0 bridgehead atoms. The van der Waals surface area contributed by atoms with Gasteiger partial charge in [0.15, 0.2) is 0 Å². The lowest BCUT2D eigenvalue weighted by Gasteiger charge is -2.21. The number of nitro groups is 1. The van der Waals surface area contributed by atoms with Crippen molar-refractivity contribution in [1.82, 2.24) is 4.98 Å². The highest BCUT2D eigenvalue weighted by Gasteiger charge is 2.34. The van der Waals surface area contributed by atoms with Crippen molar-refractivity contribution < 1.29 is 4.92 Å². The first kappa shape index (κ1) is 16.0. The number of nitrogens with one attached hydrogen (secondary N) is 1. The van der Waals surface area contributed by atoms with E-state index in [0.717, 1.165) is 16.7 Å². The first-order valence-electron chi connectivity index (χ1n) is 8.11. The minimum Gasteiger partial charge on any atom is -0.367 e. The molecule has 2 unspecified atom stereocenters. The molecule has 2 atom stereocenters. The van der Waals surface area contributed by atoms with E-state index >= 15 is 0 Å². The van der Waals surface area contributed by atoms with Crippen molar-refractivity contribution in [3.63, 3.8) is 0 Å². The molecule has 2 aromatic carbocycles. The van der Waals surface area contributed by atoms with E-state index in [1.807, 2.05) is 79.1 Å². The molecule has 3 aromatic rings. The zero-order valence-corrected chi connectivity index (χ0v) is 13.3. The third-order valence-electron chi connectivity index (χ3n) is 4.37. The van der Waals surface area contributed by atoms with Crippen LogP contribution < -0.4 is 0 Å². The molecule has 0 aliphatic carbocycles. The Morgan fingerprint density at radius 3 is 2.17 bits per heavy atom. The Morgan fingerprint density at radius 2 is 1.58 bits per heavy atom. The first-order valence-corrected chi connectivity index (χ1v) is 8.11. The van der Waals surface area contributed by atoms with Crippen LogP contribution in [0.3, 0.4) is 0 Å². The van der Waals surface area contributed by atoms with Gasteiger partial charge in [0.2, 0.25) is 6.04 Å². The number of H-pyrrole nitrogens is 1. The molecule has 1 aromatic heterocycles. The number of aryl methyl sites for hydroxylation is 1. The van der Waals surface area contributed by atoms with Gasteiger partial charge in [0.05, 0.1) is 5.92 Å². The molecule has 0 aliphatic rings. The molecular formula is C20H20N2O2. The summed E-state index contributed by atoms with van der Waals surface area (Å²) in [6.07, 6.45) is 4.87. The van der Waals surface area contributed by atoms with Crippen molar-refractivity contribution in [1.29, 1.82) is 0 Å². The summed E-state index contributed by atoms with van der Waals surface area (Å²) in [5, 5.41) is 11.8. The zero-order chi connectivity index (χ0) is 16.8. The SMILES string of the molecule is O=[N+]([O-])C(CCc1ccccc1)C(c1ccccc1)c1cc[nH]c1. The van der Waals surface area contributed by atoms with E-state index in [1.165, 1.54) is 0 Å². The van der Waals surface area contributed by atoms with Gasteiger partial charge in [-0.15, -0.1) is 0 Å². The number of nitrogens with zero attached hydrogens (tertiary/aromatic N) is 1. The summed E-state index contributed by atoms with van der Waals surface area (Å²) < 4.78 is 0. The molecule has 0 aliphatic heterocycles. The molecule has 122 valence electrons. The highest BCUT2D eigenvalue weighted by Crippen LogP contribution is 2.31. The predicted molar refractivity (Wildman–Crippen MR) is 94.6 cm³/mol. The van der Waals surface area contributed by atoms with Crippen molar-refractivity contribution in [2.75, 3.05) is 0 Å². The van der Waals surface area contributed by atoms with Crippen LogP contribution in [0.15, 0.2) is 79.1 Å². The monoisotopic (exact) mass is 320 g/mol. The average molecular weight is 320 g/mol. The molecule has 0 radical (unpaired) electrons. The quantitative estimate of drug-likeness (QED) is 0.517. The first-order chi connectivity index (χ1) is 11.8. The normalized spacial score (nSPS) is 13.3. The van der Waals surface area contributed by atoms with Crippen molar-refractivity contribution in [3.8, 4) is 0 Å². The molecule has 4 heteroatoms. The van der Waals surface area contributed by atoms with Crippen LogP contribution in [0.25, 0.3) is 0 Å². The van der Waals surface area contributed by atoms with Gasteiger partial charge in [-0.3, -0.25) is 10.1 Å². The molecule has 3 rings (SSSR count). The van der Waals surface area contributed by atoms with Crippen LogP contribution in [0.5, 0.6) is 0 Å². The van der Waals surface area contributed by atoms with Crippen molar-refractivity contribution in [2.45, 2.75) is 24.8 Å². The summed E-state index contributed by atoms with van der Waals surface area (Å²) in [6, 6.07) is 20.9. The maximum Gasteiger partial charge on any atom is 0.224 e. The van der Waals surface area contributed by atoms with Crippen molar-refractivity contribution in [2.24, 2.45) is 0 Å². The molecule has 4 nitrogen and oxygen atoms in total. The minimum absolute atomic E-state index is 0.131. The summed E-state index contributed by atoms with van der Waals surface area (Å²) >= 11 is 0. The number of benzene rings is 2. The van der Waals surface area contributed by atoms with E-state index in [4.69, 9.17) is 0 Å². The van der Waals surface area contributed by atoms with Crippen LogP contribution in [0.4, 0.5) is 0 Å². The summed E-state index contributed by atoms with van der Waals surface area (Å²) in [6.45, 7) is 0. The van der Waals surface area contributed by atoms with Gasteiger partial charge < -0.3 is 4.98 Å². The smallest absolute Gasteiger partial charge is 0.224 e. The minimum atomic E-state index is -0.664. The predicted octanol–water partition coefficient (Wildman–Crippen LogP) is 4.42. The van der Waals surface area contributed by atoms with Gasteiger partial charge >= 0.3 is 0 Å². The Hall–Kier alpha value is -2.88. The van der Waals surface area contributed by atoms with Crippen LogP contribution >= 0.6 is 0 Å². The molecule has 24 heavy (non-hydrogen) atoms. The molecule has 0 saturated carbocycles. The molecule has 1 N–H and O–H groups in total. The molecule has 0 fully saturated rings. The molecule has 0 spiro atoms. The van der Waals surface area contributed by atoms with E-state index in [2.05, 4.69) is 4.98 Å². The van der Waals surface area contributed by atoms with Crippen LogP contribution in [0, 0.1) is 10.1 Å². The second-order valence-electron chi connectivity index (χ2n) is 5.91. The lowest BCUT2D eigenvalue weighted by molar-refractivity contribution is -0.526. The van der Waals surface area contributed by atoms with E-state index in [1.54, 1.807) is 0 Å². The lowest BCUT2D eigenvalue weighted by Crippen LogP contribution is -2.29. The Kier molecular flexibility index (Phi) is 5.06. The fourth-order valence-corrected chi connectivity index (χ4v) is 3.18. The topological polar surface area (TPSA) is 58.9 Å². The van der Waals surface area contributed by atoms with E-state index < -0.39 is 6.04 Å². The maximum atomic E-state index is 11.8. The number of hydrogen-bond acceptors (Lipinski definition) is 2.